The second-order valence-electron chi connectivity index (χ2n) is 3.10. The van der Waals surface area contributed by atoms with E-state index in [2.05, 4.69) is 4.98 Å². The van der Waals surface area contributed by atoms with Crippen molar-refractivity contribution in [2.75, 3.05) is 0 Å². The minimum absolute atomic E-state index is 0.229. The molecule has 0 unspecified atom stereocenters. The van der Waals surface area contributed by atoms with Crippen LogP contribution < -0.4 is 5.56 Å². The largest absolute Gasteiger partial charge is 0.329 e. The third kappa shape index (κ3) is 2.25. The Balaban J connectivity index is 2.58. The Bertz CT molecular complexity index is 530. The Morgan fingerprint density at radius 1 is 1.13 bits per heavy atom. The first-order chi connectivity index (χ1) is 7.15. The van der Waals surface area contributed by atoms with Crippen molar-refractivity contribution in [2.24, 2.45) is 0 Å². The predicted octanol–water partition coefficient (Wildman–Crippen LogP) is 2.83. The van der Waals surface area contributed by atoms with E-state index in [-0.39, 0.29) is 5.56 Å². The third-order valence-corrected chi connectivity index (χ3v) is 2.19. The van der Waals surface area contributed by atoms with Gasteiger partial charge in [-0.3, -0.25) is 4.79 Å². The van der Waals surface area contributed by atoms with Crippen LogP contribution in [0.1, 0.15) is 0 Å². The summed E-state index contributed by atoms with van der Waals surface area (Å²) >= 11 is 5.71. The Morgan fingerprint density at radius 2 is 1.93 bits per heavy atom. The van der Waals surface area contributed by atoms with Gasteiger partial charge in [-0.25, -0.2) is 4.39 Å². The van der Waals surface area contributed by atoms with Gasteiger partial charge in [0.15, 0.2) is 0 Å². The number of aromatic nitrogens is 1. The highest BCUT2D eigenvalue weighted by molar-refractivity contribution is 6.30. The Labute approximate surface area is 90.3 Å². The van der Waals surface area contributed by atoms with Crippen LogP contribution in [-0.4, -0.2) is 4.98 Å². The summed E-state index contributed by atoms with van der Waals surface area (Å²) in [5, 5.41) is 0.310. The van der Waals surface area contributed by atoms with Crippen LogP contribution in [0.4, 0.5) is 4.39 Å². The van der Waals surface area contributed by atoms with E-state index < -0.39 is 5.82 Å². The standard InChI is InChI=1S/C11H7ClFNO/c12-9-3-8(4-10(13)6-9)7-1-2-14-11(15)5-7/h1-6H,(H,14,15). The number of pyridine rings is 1. The molecule has 4 heteroatoms. The number of H-pyrrole nitrogens is 1. The van der Waals surface area contributed by atoms with E-state index in [4.69, 9.17) is 11.6 Å². The van der Waals surface area contributed by atoms with E-state index in [1.54, 1.807) is 12.1 Å². The summed E-state index contributed by atoms with van der Waals surface area (Å²) in [6, 6.07) is 7.25. The molecule has 0 atom stereocenters. The van der Waals surface area contributed by atoms with E-state index in [0.717, 1.165) is 0 Å². The van der Waals surface area contributed by atoms with Crippen molar-refractivity contribution < 1.29 is 4.39 Å². The Morgan fingerprint density at radius 3 is 2.60 bits per heavy atom. The smallest absolute Gasteiger partial charge is 0.248 e. The van der Waals surface area contributed by atoms with Crippen LogP contribution in [0.2, 0.25) is 5.02 Å². The number of nitrogens with one attached hydrogen (secondary N) is 1. The quantitative estimate of drug-likeness (QED) is 0.792. The van der Waals surface area contributed by atoms with Crippen LogP contribution in [0.3, 0.4) is 0 Å². The van der Waals surface area contributed by atoms with Gasteiger partial charge in [0.1, 0.15) is 5.82 Å². The van der Waals surface area contributed by atoms with Gasteiger partial charge in [0.2, 0.25) is 5.56 Å². The molecule has 1 aromatic heterocycles. The molecule has 76 valence electrons. The van der Waals surface area contributed by atoms with Crippen LogP contribution in [0, 0.1) is 5.82 Å². The molecule has 1 aromatic carbocycles. The molecule has 1 heterocycles. The fraction of sp³-hybridized carbons (Fsp3) is 0. The summed E-state index contributed by atoms with van der Waals surface area (Å²) in [6.45, 7) is 0. The molecular weight excluding hydrogens is 217 g/mol. The molecular formula is C11H7ClFNO. The van der Waals surface area contributed by atoms with Gasteiger partial charge in [0, 0.05) is 17.3 Å². The first kappa shape index (κ1) is 9.93. The van der Waals surface area contributed by atoms with Crippen molar-refractivity contribution >= 4 is 11.6 Å². The summed E-state index contributed by atoms with van der Waals surface area (Å²) in [5.41, 5.74) is 0.999. The SMILES string of the molecule is O=c1cc(-c2cc(F)cc(Cl)c2)cc[nH]1. The summed E-state index contributed by atoms with van der Waals surface area (Å²) in [6.07, 6.45) is 1.51. The van der Waals surface area contributed by atoms with Gasteiger partial charge in [-0.1, -0.05) is 11.6 Å². The third-order valence-electron chi connectivity index (χ3n) is 1.97. The fourth-order valence-electron chi connectivity index (χ4n) is 1.34. The maximum absolute atomic E-state index is 13.0. The molecule has 0 aliphatic carbocycles. The summed E-state index contributed by atoms with van der Waals surface area (Å²) in [7, 11) is 0. The van der Waals surface area contributed by atoms with Crippen LogP contribution in [0.15, 0.2) is 41.3 Å². The molecule has 0 spiro atoms. The summed E-state index contributed by atoms with van der Waals surface area (Å²) < 4.78 is 13.0. The molecule has 2 nitrogen and oxygen atoms in total. The lowest BCUT2D eigenvalue weighted by atomic mass is 10.1. The molecule has 2 rings (SSSR count). The minimum Gasteiger partial charge on any atom is -0.329 e. The zero-order chi connectivity index (χ0) is 10.8. The van der Waals surface area contributed by atoms with Gasteiger partial charge in [-0.15, -0.1) is 0 Å². The van der Waals surface area contributed by atoms with Gasteiger partial charge < -0.3 is 4.98 Å². The number of benzene rings is 1. The predicted molar refractivity (Wildman–Crippen MR) is 57.5 cm³/mol. The Hall–Kier alpha value is -1.61. The second-order valence-corrected chi connectivity index (χ2v) is 3.54. The van der Waals surface area contributed by atoms with Crippen molar-refractivity contribution in [1.29, 1.82) is 0 Å². The van der Waals surface area contributed by atoms with Crippen LogP contribution in [0.5, 0.6) is 0 Å². The highest BCUT2D eigenvalue weighted by Crippen LogP contribution is 2.22. The first-order valence-electron chi connectivity index (χ1n) is 4.30. The molecule has 0 saturated carbocycles. The average Bonchev–Trinajstić information content (AvgIpc) is 2.16. The van der Waals surface area contributed by atoms with Crippen molar-refractivity contribution in [3.63, 3.8) is 0 Å². The lowest BCUT2D eigenvalue weighted by Gasteiger charge is -2.01. The first-order valence-corrected chi connectivity index (χ1v) is 4.68. The molecule has 0 amide bonds. The highest BCUT2D eigenvalue weighted by atomic mass is 35.5. The lowest BCUT2D eigenvalue weighted by Crippen LogP contribution is -2.02. The zero-order valence-electron chi connectivity index (χ0n) is 7.63. The van der Waals surface area contributed by atoms with E-state index in [9.17, 15) is 9.18 Å². The average molecular weight is 224 g/mol. The number of hydrogen-bond donors (Lipinski definition) is 1. The maximum Gasteiger partial charge on any atom is 0.248 e. The maximum atomic E-state index is 13.0. The van der Waals surface area contributed by atoms with Crippen molar-refractivity contribution in [1.82, 2.24) is 4.98 Å². The lowest BCUT2D eigenvalue weighted by molar-refractivity contribution is 0.628. The zero-order valence-corrected chi connectivity index (χ0v) is 8.38. The second kappa shape index (κ2) is 3.87. The van der Waals surface area contributed by atoms with Gasteiger partial charge in [0.05, 0.1) is 0 Å². The van der Waals surface area contributed by atoms with E-state index in [1.807, 2.05) is 0 Å². The fourth-order valence-corrected chi connectivity index (χ4v) is 1.57. The van der Waals surface area contributed by atoms with E-state index >= 15 is 0 Å². The molecule has 0 saturated heterocycles. The number of halogens is 2. The summed E-state index contributed by atoms with van der Waals surface area (Å²) in [4.78, 5) is 13.5. The molecule has 15 heavy (non-hydrogen) atoms. The van der Waals surface area contributed by atoms with Crippen molar-refractivity contribution in [2.45, 2.75) is 0 Å². The van der Waals surface area contributed by atoms with Gasteiger partial charge in [-0.2, -0.15) is 0 Å². The monoisotopic (exact) mass is 223 g/mol. The van der Waals surface area contributed by atoms with Crippen molar-refractivity contribution in [3.05, 3.63) is 57.7 Å². The number of rotatable bonds is 1. The van der Waals surface area contributed by atoms with E-state index in [0.29, 0.717) is 16.1 Å². The van der Waals surface area contributed by atoms with E-state index in [1.165, 1.54) is 24.4 Å². The molecule has 0 bridgehead atoms. The molecule has 1 N–H and O–H groups in total. The minimum atomic E-state index is -0.419. The van der Waals surface area contributed by atoms with Crippen molar-refractivity contribution in [3.8, 4) is 11.1 Å². The Kier molecular flexibility index (Phi) is 2.56. The summed E-state index contributed by atoms with van der Waals surface area (Å²) in [5.74, 6) is -0.419. The molecule has 2 aromatic rings. The molecule has 0 aliphatic heterocycles. The van der Waals surface area contributed by atoms with Crippen LogP contribution in [0.25, 0.3) is 11.1 Å². The number of hydrogen-bond acceptors (Lipinski definition) is 1. The normalized spacial score (nSPS) is 10.3. The molecule has 0 fully saturated rings. The highest BCUT2D eigenvalue weighted by Gasteiger charge is 2.02. The van der Waals surface area contributed by atoms with Crippen LogP contribution >= 0.6 is 11.6 Å². The number of aromatic amines is 1. The molecule has 0 radical (unpaired) electrons. The van der Waals surface area contributed by atoms with Gasteiger partial charge >= 0.3 is 0 Å². The van der Waals surface area contributed by atoms with Crippen LogP contribution in [-0.2, 0) is 0 Å². The molecule has 0 aliphatic rings. The topological polar surface area (TPSA) is 32.9 Å². The van der Waals surface area contributed by atoms with Gasteiger partial charge in [0.25, 0.3) is 0 Å². The van der Waals surface area contributed by atoms with Gasteiger partial charge in [-0.05, 0) is 35.4 Å².